The molecule has 1 saturated carbocycles. The van der Waals surface area contributed by atoms with Gasteiger partial charge < -0.3 is 0 Å². The number of halogens is 3. The van der Waals surface area contributed by atoms with E-state index in [1.165, 1.54) is 12.1 Å². The number of benzene rings is 5. The van der Waals surface area contributed by atoms with Crippen molar-refractivity contribution in [2.45, 2.75) is 17.0 Å². The number of hydrogen-bond acceptors (Lipinski definition) is 3. The zero-order valence-corrected chi connectivity index (χ0v) is 24.8. The maximum Gasteiger partial charge on any atom is 0.416 e. The van der Waals surface area contributed by atoms with Gasteiger partial charge in [-0.3, -0.25) is 14.4 Å². The second kappa shape index (κ2) is 10.2. The molecule has 0 aromatic heterocycles. The monoisotopic (exact) mass is 625 g/mol. The molecule has 0 N–H and O–H groups in total. The average Bonchev–Trinajstić information content (AvgIpc) is 3.61. The summed E-state index contributed by atoms with van der Waals surface area (Å²) in [7, 11) is 0. The molecule has 47 heavy (non-hydrogen) atoms. The van der Waals surface area contributed by atoms with Crippen LogP contribution in [0.3, 0.4) is 0 Å². The van der Waals surface area contributed by atoms with Crippen LogP contribution in [0.25, 0.3) is 11.1 Å². The van der Waals surface area contributed by atoms with Gasteiger partial charge in [-0.15, -0.1) is 0 Å². The fourth-order valence-electron chi connectivity index (χ4n) is 8.41. The van der Waals surface area contributed by atoms with Crippen LogP contribution in [-0.4, -0.2) is 17.6 Å². The number of alkyl halides is 3. The molecule has 3 aliphatic rings. The molecule has 2 aliphatic carbocycles. The summed E-state index contributed by atoms with van der Waals surface area (Å²) in [5.74, 6) is -4.13. The van der Waals surface area contributed by atoms with Crippen LogP contribution in [-0.2, 0) is 31.4 Å². The van der Waals surface area contributed by atoms with Gasteiger partial charge in [-0.2, -0.15) is 13.2 Å². The van der Waals surface area contributed by atoms with Gasteiger partial charge >= 0.3 is 6.18 Å². The molecular formula is C40H26F3NO3. The molecule has 230 valence electrons. The molecule has 7 heteroatoms. The van der Waals surface area contributed by atoms with Gasteiger partial charge in [0, 0.05) is 0 Å². The Bertz CT molecular complexity index is 1970. The van der Waals surface area contributed by atoms with E-state index in [9.17, 15) is 22.8 Å². The van der Waals surface area contributed by atoms with Crippen molar-refractivity contribution in [3.8, 4) is 0 Å². The van der Waals surface area contributed by atoms with Gasteiger partial charge in [-0.25, -0.2) is 4.90 Å². The van der Waals surface area contributed by atoms with Crippen LogP contribution in [0.15, 0.2) is 146 Å². The number of imide groups is 1. The van der Waals surface area contributed by atoms with E-state index < -0.39 is 46.2 Å². The van der Waals surface area contributed by atoms with Crippen molar-refractivity contribution in [1.82, 2.24) is 0 Å². The number of allylic oxidation sites excluding steroid dienone is 2. The number of anilines is 1. The van der Waals surface area contributed by atoms with E-state index in [1.54, 1.807) is 48.5 Å². The molecule has 5 aromatic rings. The van der Waals surface area contributed by atoms with Gasteiger partial charge in [0.05, 0.1) is 33.9 Å². The first-order chi connectivity index (χ1) is 22.7. The van der Waals surface area contributed by atoms with Crippen LogP contribution < -0.4 is 4.90 Å². The highest BCUT2D eigenvalue weighted by molar-refractivity contribution is 6.39. The van der Waals surface area contributed by atoms with Crippen molar-refractivity contribution in [2.24, 2.45) is 11.8 Å². The van der Waals surface area contributed by atoms with Gasteiger partial charge in [0.1, 0.15) is 0 Å². The zero-order valence-electron chi connectivity index (χ0n) is 24.8. The van der Waals surface area contributed by atoms with Crippen LogP contribution in [0.5, 0.6) is 0 Å². The topological polar surface area (TPSA) is 54.5 Å². The van der Waals surface area contributed by atoms with Crippen LogP contribution in [0.1, 0.15) is 27.8 Å². The fourth-order valence-corrected chi connectivity index (χ4v) is 8.41. The molecule has 4 atom stereocenters. The molecule has 5 aromatic carbocycles. The highest BCUT2D eigenvalue weighted by atomic mass is 19.4. The van der Waals surface area contributed by atoms with E-state index >= 15 is 4.79 Å². The minimum absolute atomic E-state index is 0.176. The minimum Gasteiger partial charge on any atom is -0.297 e. The highest BCUT2D eigenvalue weighted by Gasteiger charge is 2.82. The molecule has 1 heterocycles. The largest absolute Gasteiger partial charge is 0.416 e. The minimum atomic E-state index is -4.69. The highest BCUT2D eigenvalue weighted by Crippen LogP contribution is 2.74. The lowest BCUT2D eigenvalue weighted by molar-refractivity contribution is -0.137. The quantitative estimate of drug-likeness (QED) is 0.187. The van der Waals surface area contributed by atoms with Crippen LogP contribution in [0.2, 0.25) is 0 Å². The summed E-state index contributed by atoms with van der Waals surface area (Å²) in [4.78, 5) is 46.5. The number of amides is 2. The maximum atomic E-state index is 15.8. The third kappa shape index (κ3) is 3.74. The van der Waals surface area contributed by atoms with Crippen molar-refractivity contribution in [2.75, 3.05) is 4.90 Å². The molecule has 1 aliphatic heterocycles. The summed E-state index contributed by atoms with van der Waals surface area (Å²) in [6, 6.07) is 41.1. The van der Waals surface area contributed by atoms with Crippen molar-refractivity contribution < 1.29 is 27.6 Å². The van der Waals surface area contributed by atoms with E-state index in [0.29, 0.717) is 22.3 Å². The Balaban J connectivity index is 1.52. The lowest BCUT2D eigenvalue weighted by atomic mass is 9.59. The predicted molar refractivity (Wildman–Crippen MR) is 172 cm³/mol. The molecule has 0 unspecified atom stereocenters. The van der Waals surface area contributed by atoms with Gasteiger partial charge in [-0.1, -0.05) is 127 Å². The summed E-state index contributed by atoms with van der Waals surface area (Å²) >= 11 is 0. The molecule has 0 radical (unpaired) electrons. The molecule has 1 saturated heterocycles. The van der Waals surface area contributed by atoms with E-state index in [1.807, 2.05) is 72.8 Å². The predicted octanol–water partition coefficient (Wildman–Crippen LogP) is 7.89. The number of rotatable bonds is 5. The van der Waals surface area contributed by atoms with Crippen LogP contribution in [0.4, 0.5) is 18.9 Å². The van der Waals surface area contributed by atoms with E-state index in [0.717, 1.165) is 28.2 Å². The maximum absolute atomic E-state index is 15.8. The number of fused-ring (bicyclic) bond motifs is 5. The fraction of sp³-hybridized carbons (Fsp3) is 0.125. The van der Waals surface area contributed by atoms with Crippen molar-refractivity contribution in [1.29, 1.82) is 0 Å². The Labute approximate surface area is 268 Å². The zero-order chi connectivity index (χ0) is 32.6. The van der Waals surface area contributed by atoms with Gasteiger partial charge in [0.25, 0.3) is 0 Å². The number of carbonyl (C=O) groups is 3. The second-order valence-electron chi connectivity index (χ2n) is 12.2. The Morgan fingerprint density at radius 1 is 0.511 bits per heavy atom. The third-order valence-electron chi connectivity index (χ3n) is 10.0. The molecule has 4 nitrogen and oxygen atoms in total. The average molecular weight is 626 g/mol. The molecule has 2 fully saturated rings. The number of nitrogens with zero attached hydrogens (tertiary/aromatic N) is 1. The van der Waals surface area contributed by atoms with Crippen molar-refractivity contribution >= 4 is 34.4 Å². The van der Waals surface area contributed by atoms with E-state index in [4.69, 9.17) is 0 Å². The second-order valence-corrected chi connectivity index (χ2v) is 12.2. The molecule has 2 amide bonds. The lowest BCUT2D eigenvalue weighted by Crippen LogP contribution is -2.45. The number of ketones is 1. The first kappa shape index (κ1) is 28.9. The number of carbonyl (C=O) groups excluding carboxylic acids is 3. The standard InChI is InChI=1S/C40H26F3NO3/c41-40(42,43)29-22-13-23-30(24-29)44-35(45)33-34(36(44)46)39(28-20-11-4-12-21-28)32(26-16-7-2-8-17-26)31(25-14-5-1-6-15-25)38(33,37(39)47)27-18-9-3-10-19-27/h1-24,33-34H/t33-,34-,38-,39-/m0/s1. The summed E-state index contributed by atoms with van der Waals surface area (Å²) in [6.45, 7) is 0. The molecule has 0 spiro atoms. The molecule has 2 bridgehead atoms. The first-order valence-electron chi connectivity index (χ1n) is 15.3. The van der Waals surface area contributed by atoms with Gasteiger partial charge in [0.2, 0.25) is 11.8 Å². The summed E-state index contributed by atoms with van der Waals surface area (Å²) < 4.78 is 41.6. The number of hydrogen-bond donors (Lipinski definition) is 0. The molecular weight excluding hydrogens is 599 g/mol. The molecule has 8 rings (SSSR count). The Kier molecular flexibility index (Phi) is 6.28. The summed E-state index contributed by atoms with van der Waals surface area (Å²) in [6.07, 6.45) is -4.69. The lowest BCUT2D eigenvalue weighted by Gasteiger charge is -2.39. The Hall–Kier alpha value is -5.56. The van der Waals surface area contributed by atoms with Crippen LogP contribution >= 0.6 is 0 Å². The summed E-state index contributed by atoms with van der Waals surface area (Å²) in [5.41, 5.74) is -0.621. The van der Waals surface area contributed by atoms with Crippen molar-refractivity contribution in [3.05, 3.63) is 173 Å². The number of Topliss-reactive ketones (excluding diaryl/α,β-unsaturated/α-hetero) is 1. The van der Waals surface area contributed by atoms with Gasteiger partial charge in [-0.05, 0) is 51.6 Å². The SMILES string of the molecule is O=C1[C@@H]2[C@@H](C(=O)N1c1cccc(C(F)(F)F)c1)[C@@]1(c3ccccc3)C(=O)[C@@]2(c2ccccc2)C(c2ccccc2)=C1c1ccccc1. The Morgan fingerprint density at radius 2 is 0.915 bits per heavy atom. The third-order valence-corrected chi connectivity index (χ3v) is 10.0. The van der Waals surface area contributed by atoms with Gasteiger partial charge in [0.15, 0.2) is 5.78 Å². The van der Waals surface area contributed by atoms with Crippen molar-refractivity contribution in [3.63, 3.8) is 0 Å². The van der Waals surface area contributed by atoms with Crippen LogP contribution in [0, 0.1) is 11.8 Å². The normalized spacial score (nSPS) is 25.1. The van der Waals surface area contributed by atoms with E-state index in [-0.39, 0.29) is 11.5 Å². The summed E-state index contributed by atoms with van der Waals surface area (Å²) in [5, 5.41) is 0. The van der Waals surface area contributed by atoms with E-state index in [2.05, 4.69) is 0 Å². The Morgan fingerprint density at radius 3 is 1.32 bits per heavy atom. The first-order valence-corrected chi connectivity index (χ1v) is 15.3. The smallest absolute Gasteiger partial charge is 0.297 e.